The van der Waals surface area contributed by atoms with Gasteiger partial charge in [-0.05, 0) is 31.2 Å². The van der Waals surface area contributed by atoms with Crippen LogP contribution in [0.5, 0.6) is 0 Å². The second-order valence-corrected chi connectivity index (χ2v) is 6.92. The highest BCUT2D eigenvalue weighted by Crippen LogP contribution is 2.25. The first-order valence-corrected chi connectivity index (χ1v) is 8.66. The van der Waals surface area contributed by atoms with Gasteiger partial charge in [0.2, 0.25) is 11.8 Å². The average Bonchev–Trinajstić information content (AvgIpc) is 2.59. The van der Waals surface area contributed by atoms with E-state index in [2.05, 4.69) is 15.6 Å². The van der Waals surface area contributed by atoms with E-state index >= 15 is 0 Å². The second-order valence-electron chi connectivity index (χ2n) is 5.72. The molecule has 8 heteroatoms. The lowest BCUT2D eigenvalue weighted by Crippen LogP contribution is -2.42. The first-order valence-electron chi connectivity index (χ1n) is 7.78. The van der Waals surface area contributed by atoms with Crippen molar-refractivity contribution in [3.8, 4) is 0 Å². The largest absolute Gasteiger partial charge is 0.323 e. The predicted octanol–water partition coefficient (Wildman–Crippen LogP) is 3.52. The summed E-state index contributed by atoms with van der Waals surface area (Å²) in [6, 6.07) is 10.2. The van der Waals surface area contributed by atoms with Gasteiger partial charge in [0.15, 0.2) is 5.17 Å². The molecule has 0 radical (unpaired) electrons. The lowest BCUT2D eigenvalue weighted by atomic mass is 10.2. The summed E-state index contributed by atoms with van der Waals surface area (Å²) in [4.78, 5) is 28.6. The molecule has 1 aliphatic heterocycles. The van der Waals surface area contributed by atoms with Crippen LogP contribution in [0.4, 0.5) is 20.2 Å². The van der Waals surface area contributed by atoms with E-state index in [0.717, 1.165) is 29.5 Å². The van der Waals surface area contributed by atoms with Gasteiger partial charge < -0.3 is 10.6 Å². The third-order valence-electron chi connectivity index (χ3n) is 3.62. The zero-order valence-corrected chi connectivity index (χ0v) is 14.6. The highest BCUT2D eigenvalue weighted by molar-refractivity contribution is 8.15. The molecule has 0 aliphatic carbocycles. The molecular formula is C18H15F2N3O2S. The number of hydrogen-bond donors (Lipinski definition) is 2. The van der Waals surface area contributed by atoms with Gasteiger partial charge in [0.25, 0.3) is 0 Å². The van der Waals surface area contributed by atoms with Crippen LogP contribution >= 0.6 is 11.8 Å². The van der Waals surface area contributed by atoms with Crippen LogP contribution in [-0.2, 0) is 9.59 Å². The van der Waals surface area contributed by atoms with Crippen molar-refractivity contribution in [2.24, 2.45) is 4.99 Å². The molecule has 0 aromatic heterocycles. The molecule has 2 aromatic carbocycles. The van der Waals surface area contributed by atoms with Gasteiger partial charge in [0.05, 0.1) is 11.4 Å². The van der Waals surface area contributed by atoms with Crippen LogP contribution < -0.4 is 10.6 Å². The summed E-state index contributed by atoms with van der Waals surface area (Å²) in [5.41, 5.74) is 1.58. The Morgan fingerprint density at radius 3 is 2.65 bits per heavy atom. The number of halogens is 2. The first kappa shape index (κ1) is 18.1. The van der Waals surface area contributed by atoms with Crippen molar-refractivity contribution in [3.05, 3.63) is 59.7 Å². The highest BCUT2D eigenvalue weighted by Gasteiger charge is 2.30. The summed E-state index contributed by atoms with van der Waals surface area (Å²) in [6.45, 7) is 1.95. The monoisotopic (exact) mass is 375 g/mol. The van der Waals surface area contributed by atoms with Gasteiger partial charge in [0, 0.05) is 12.5 Å². The number of nitrogens with zero attached hydrogens (tertiary/aromatic N) is 1. The standard InChI is InChI=1S/C18H15F2N3O2S/c1-10-2-5-12(6-3-10)21-18-23-16(24)9-15(26-18)17(25)22-14-7-4-11(19)8-13(14)20/h2-8,15H,9H2,1H3,(H,22,25)(H,21,23,24)/t15-/m1/s1. The summed E-state index contributed by atoms with van der Waals surface area (Å²) in [5, 5.41) is 4.53. The van der Waals surface area contributed by atoms with Crippen LogP contribution in [0.1, 0.15) is 12.0 Å². The third-order valence-corrected chi connectivity index (χ3v) is 4.70. The maximum absolute atomic E-state index is 13.7. The van der Waals surface area contributed by atoms with Crippen molar-refractivity contribution in [2.45, 2.75) is 18.6 Å². The van der Waals surface area contributed by atoms with Crippen molar-refractivity contribution < 1.29 is 18.4 Å². The van der Waals surface area contributed by atoms with Gasteiger partial charge in [-0.2, -0.15) is 0 Å². The van der Waals surface area contributed by atoms with Crippen molar-refractivity contribution in [3.63, 3.8) is 0 Å². The Morgan fingerprint density at radius 2 is 1.96 bits per heavy atom. The summed E-state index contributed by atoms with van der Waals surface area (Å²) in [5.74, 6) is -2.52. The maximum atomic E-state index is 13.7. The molecule has 2 amide bonds. The molecule has 0 bridgehead atoms. The minimum Gasteiger partial charge on any atom is -0.323 e. The third kappa shape index (κ3) is 4.45. The molecule has 1 saturated heterocycles. The molecule has 2 aromatic rings. The molecule has 1 atom stereocenters. The van der Waals surface area contributed by atoms with Gasteiger partial charge in [-0.1, -0.05) is 29.5 Å². The van der Waals surface area contributed by atoms with Crippen LogP contribution in [0.2, 0.25) is 0 Å². The average molecular weight is 375 g/mol. The Bertz CT molecular complexity index is 885. The smallest absolute Gasteiger partial charge is 0.238 e. The van der Waals surface area contributed by atoms with E-state index in [4.69, 9.17) is 0 Å². The number of thioether (sulfide) groups is 1. The quantitative estimate of drug-likeness (QED) is 0.862. The highest BCUT2D eigenvalue weighted by atomic mass is 32.2. The number of aryl methyl sites for hydroxylation is 1. The fraction of sp³-hybridized carbons (Fsp3) is 0.167. The topological polar surface area (TPSA) is 70.6 Å². The molecule has 3 rings (SSSR count). The number of rotatable bonds is 3. The maximum Gasteiger partial charge on any atom is 0.238 e. The molecule has 26 heavy (non-hydrogen) atoms. The van der Waals surface area contributed by atoms with E-state index in [1.54, 1.807) is 12.1 Å². The van der Waals surface area contributed by atoms with Crippen molar-refractivity contribution in [2.75, 3.05) is 5.32 Å². The minimum atomic E-state index is -0.878. The second kappa shape index (κ2) is 7.65. The number of amides is 2. The lowest BCUT2D eigenvalue weighted by molar-refractivity contribution is -0.123. The van der Waals surface area contributed by atoms with E-state index in [1.165, 1.54) is 0 Å². The Hall–Kier alpha value is -2.74. The molecule has 5 nitrogen and oxygen atoms in total. The molecule has 1 fully saturated rings. The zero-order chi connectivity index (χ0) is 18.7. The molecule has 1 aliphatic rings. The number of carbonyl (C=O) groups excluding carboxylic acids is 2. The number of amidine groups is 1. The molecule has 1 heterocycles. The van der Waals surface area contributed by atoms with Crippen LogP contribution in [0.3, 0.4) is 0 Å². The van der Waals surface area contributed by atoms with E-state index in [1.807, 2.05) is 19.1 Å². The van der Waals surface area contributed by atoms with Gasteiger partial charge in [0.1, 0.15) is 16.9 Å². The van der Waals surface area contributed by atoms with Crippen molar-refractivity contribution >= 4 is 40.1 Å². The molecular weight excluding hydrogens is 360 g/mol. The van der Waals surface area contributed by atoms with Gasteiger partial charge >= 0.3 is 0 Å². The first-order chi connectivity index (χ1) is 12.4. The van der Waals surface area contributed by atoms with E-state index in [0.29, 0.717) is 16.9 Å². The predicted molar refractivity (Wildman–Crippen MR) is 97.4 cm³/mol. The van der Waals surface area contributed by atoms with Gasteiger partial charge in [-0.3, -0.25) is 9.59 Å². The number of benzene rings is 2. The molecule has 0 spiro atoms. The van der Waals surface area contributed by atoms with Crippen molar-refractivity contribution in [1.29, 1.82) is 0 Å². The van der Waals surface area contributed by atoms with Crippen LogP contribution in [0.25, 0.3) is 0 Å². The molecule has 2 N–H and O–H groups in total. The van der Waals surface area contributed by atoms with Gasteiger partial charge in [-0.25, -0.2) is 13.8 Å². The molecule has 134 valence electrons. The van der Waals surface area contributed by atoms with Crippen LogP contribution in [0, 0.1) is 18.6 Å². The Labute approximate surface area is 152 Å². The van der Waals surface area contributed by atoms with Crippen LogP contribution in [-0.4, -0.2) is 22.2 Å². The molecule has 0 saturated carbocycles. The van der Waals surface area contributed by atoms with Crippen molar-refractivity contribution in [1.82, 2.24) is 5.32 Å². The summed E-state index contributed by atoms with van der Waals surface area (Å²) >= 11 is 1.08. The Morgan fingerprint density at radius 1 is 1.23 bits per heavy atom. The fourth-order valence-corrected chi connectivity index (χ4v) is 3.29. The summed E-state index contributed by atoms with van der Waals surface area (Å²) < 4.78 is 26.6. The van der Waals surface area contributed by atoms with E-state index in [9.17, 15) is 18.4 Å². The number of hydrogen-bond acceptors (Lipinski definition) is 4. The summed E-state index contributed by atoms with van der Waals surface area (Å²) in [6.07, 6.45) is -0.0633. The van der Waals surface area contributed by atoms with Gasteiger partial charge in [-0.15, -0.1) is 0 Å². The van der Waals surface area contributed by atoms with E-state index < -0.39 is 22.8 Å². The normalized spacial score (nSPS) is 18.5. The SMILES string of the molecule is Cc1ccc(N=C2NC(=O)C[C@H](C(=O)Nc3ccc(F)cc3F)S2)cc1. The van der Waals surface area contributed by atoms with Crippen LogP contribution in [0.15, 0.2) is 47.5 Å². The number of nitrogens with one attached hydrogen (secondary N) is 2. The minimum absolute atomic E-state index is 0.0633. The lowest BCUT2D eigenvalue weighted by Gasteiger charge is -2.22. The van der Waals surface area contributed by atoms with E-state index in [-0.39, 0.29) is 18.0 Å². The zero-order valence-electron chi connectivity index (χ0n) is 13.8. The Balaban J connectivity index is 1.74. The Kier molecular flexibility index (Phi) is 5.32. The number of aliphatic imine (C=N–C) groups is 1. The molecule has 0 unspecified atom stereocenters. The number of carbonyl (C=O) groups is 2. The number of anilines is 1. The summed E-state index contributed by atoms with van der Waals surface area (Å²) in [7, 11) is 0. The fourth-order valence-electron chi connectivity index (χ4n) is 2.29.